The lowest BCUT2D eigenvalue weighted by Crippen LogP contribution is -1.96. The summed E-state index contributed by atoms with van der Waals surface area (Å²) in [6, 6.07) is 4.03. The van der Waals surface area contributed by atoms with Gasteiger partial charge in [-0.3, -0.25) is 4.79 Å². The van der Waals surface area contributed by atoms with E-state index >= 15 is 0 Å². The van der Waals surface area contributed by atoms with Crippen molar-refractivity contribution in [2.24, 2.45) is 0 Å². The van der Waals surface area contributed by atoms with E-state index in [-0.39, 0.29) is 10.8 Å². The first-order valence-electron chi connectivity index (χ1n) is 4.15. The van der Waals surface area contributed by atoms with Gasteiger partial charge in [-0.2, -0.15) is 0 Å². The van der Waals surface area contributed by atoms with Crippen molar-refractivity contribution in [2.45, 2.75) is 13.8 Å². The maximum atomic E-state index is 13.0. The normalized spacial score (nSPS) is 9.71. The van der Waals surface area contributed by atoms with Crippen LogP contribution < -0.4 is 0 Å². The summed E-state index contributed by atoms with van der Waals surface area (Å²) in [7, 11) is 0. The average Bonchev–Trinajstić information content (AvgIpc) is 2.08. The van der Waals surface area contributed by atoms with Crippen LogP contribution in [0.15, 0.2) is 29.8 Å². The molecule has 3 heteroatoms. The Balaban J connectivity index is 3.03. The van der Waals surface area contributed by atoms with Gasteiger partial charge in [-0.25, -0.2) is 4.39 Å². The highest BCUT2D eigenvalue weighted by atomic mass is 35.5. The van der Waals surface area contributed by atoms with Crippen LogP contribution in [0.4, 0.5) is 4.39 Å². The third-order valence-electron chi connectivity index (χ3n) is 1.62. The summed E-state index contributed by atoms with van der Waals surface area (Å²) < 4.78 is 13.0. The van der Waals surface area contributed by atoms with E-state index in [1.807, 2.05) is 13.8 Å². The molecule has 0 atom stereocenters. The zero-order chi connectivity index (χ0) is 10.7. The SMILES string of the molecule is CC(C)=CC(=O)c1ccc(Cl)c(F)c1. The molecule has 0 aromatic heterocycles. The molecule has 0 fully saturated rings. The minimum absolute atomic E-state index is 0.0266. The number of hydrogen-bond donors (Lipinski definition) is 0. The van der Waals surface area contributed by atoms with Crippen molar-refractivity contribution < 1.29 is 9.18 Å². The molecule has 1 nitrogen and oxygen atoms in total. The molecule has 0 radical (unpaired) electrons. The van der Waals surface area contributed by atoms with E-state index in [1.54, 1.807) is 0 Å². The second kappa shape index (κ2) is 4.38. The molecular formula is C11H10ClFO. The standard InChI is InChI=1S/C11H10ClFO/c1-7(2)5-11(14)8-3-4-9(12)10(13)6-8/h3-6H,1-2H3. The number of rotatable bonds is 2. The third kappa shape index (κ3) is 2.67. The first-order valence-corrected chi connectivity index (χ1v) is 4.53. The maximum absolute atomic E-state index is 13.0. The molecule has 0 aliphatic rings. The fourth-order valence-corrected chi connectivity index (χ4v) is 1.11. The molecule has 0 N–H and O–H groups in total. The fourth-order valence-electron chi connectivity index (χ4n) is 0.995. The molecule has 0 spiro atoms. The summed E-state index contributed by atoms with van der Waals surface area (Å²) in [6.45, 7) is 3.62. The van der Waals surface area contributed by atoms with Crippen molar-refractivity contribution in [3.05, 3.63) is 46.3 Å². The van der Waals surface area contributed by atoms with Crippen LogP contribution in [-0.2, 0) is 0 Å². The van der Waals surface area contributed by atoms with E-state index in [0.29, 0.717) is 5.56 Å². The van der Waals surface area contributed by atoms with E-state index in [0.717, 1.165) is 11.6 Å². The van der Waals surface area contributed by atoms with Crippen LogP contribution in [0.2, 0.25) is 5.02 Å². The highest BCUT2D eigenvalue weighted by Crippen LogP contribution is 2.16. The van der Waals surface area contributed by atoms with Gasteiger partial charge >= 0.3 is 0 Å². The predicted molar refractivity (Wildman–Crippen MR) is 55.2 cm³/mol. The molecule has 1 aromatic carbocycles. The van der Waals surface area contributed by atoms with Crippen LogP contribution in [0.5, 0.6) is 0 Å². The molecule has 0 aliphatic heterocycles. The van der Waals surface area contributed by atoms with Crippen LogP contribution >= 0.6 is 11.6 Å². The highest BCUT2D eigenvalue weighted by molar-refractivity contribution is 6.30. The van der Waals surface area contributed by atoms with Crippen LogP contribution in [0, 0.1) is 5.82 Å². The summed E-state index contributed by atoms with van der Waals surface area (Å²) in [5, 5.41) is 0.0266. The Hall–Kier alpha value is -1.15. The Morgan fingerprint density at radius 1 is 1.43 bits per heavy atom. The molecule has 0 amide bonds. The Labute approximate surface area is 87.2 Å². The molecule has 0 bridgehead atoms. The Morgan fingerprint density at radius 3 is 2.57 bits per heavy atom. The second-order valence-electron chi connectivity index (χ2n) is 3.21. The van der Waals surface area contributed by atoms with Crippen LogP contribution in [0.25, 0.3) is 0 Å². The minimum atomic E-state index is -0.570. The van der Waals surface area contributed by atoms with Gasteiger partial charge in [0.25, 0.3) is 0 Å². The number of ketones is 1. The topological polar surface area (TPSA) is 17.1 Å². The van der Waals surface area contributed by atoms with Gasteiger partial charge in [0.2, 0.25) is 0 Å². The van der Waals surface area contributed by atoms with Gasteiger partial charge < -0.3 is 0 Å². The van der Waals surface area contributed by atoms with E-state index in [4.69, 9.17) is 11.6 Å². The number of carbonyl (C=O) groups is 1. The van der Waals surface area contributed by atoms with E-state index in [9.17, 15) is 9.18 Å². The molecule has 0 unspecified atom stereocenters. The van der Waals surface area contributed by atoms with Crippen LogP contribution in [-0.4, -0.2) is 5.78 Å². The molecule has 14 heavy (non-hydrogen) atoms. The van der Waals surface area contributed by atoms with Gasteiger partial charge in [-0.15, -0.1) is 0 Å². The summed E-state index contributed by atoms with van der Waals surface area (Å²) in [4.78, 5) is 11.4. The van der Waals surface area contributed by atoms with Crippen molar-refractivity contribution >= 4 is 17.4 Å². The van der Waals surface area contributed by atoms with Crippen LogP contribution in [0.1, 0.15) is 24.2 Å². The van der Waals surface area contributed by atoms with Crippen molar-refractivity contribution in [3.8, 4) is 0 Å². The molecule has 0 aliphatic carbocycles. The minimum Gasteiger partial charge on any atom is -0.289 e. The van der Waals surface area contributed by atoms with E-state index < -0.39 is 5.82 Å². The van der Waals surface area contributed by atoms with Crippen molar-refractivity contribution in [3.63, 3.8) is 0 Å². The van der Waals surface area contributed by atoms with Gasteiger partial charge in [0, 0.05) is 5.56 Å². The number of halogens is 2. The fraction of sp³-hybridized carbons (Fsp3) is 0.182. The van der Waals surface area contributed by atoms with Crippen LogP contribution in [0.3, 0.4) is 0 Å². The summed E-state index contributed by atoms with van der Waals surface area (Å²) in [5.41, 5.74) is 1.19. The van der Waals surface area contributed by atoms with Gasteiger partial charge in [0.15, 0.2) is 5.78 Å². The smallest absolute Gasteiger partial charge is 0.185 e. The average molecular weight is 213 g/mol. The Kier molecular flexibility index (Phi) is 3.42. The maximum Gasteiger partial charge on any atom is 0.185 e. The largest absolute Gasteiger partial charge is 0.289 e. The summed E-state index contributed by atoms with van der Waals surface area (Å²) in [5.74, 6) is -0.778. The molecule has 1 aromatic rings. The lowest BCUT2D eigenvalue weighted by Gasteiger charge is -1.98. The number of allylic oxidation sites excluding steroid dienone is 2. The molecule has 74 valence electrons. The molecular weight excluding hydrogens is 203 g/mol. The highest BCUT2D eigenvalue weighted by Gasteiger charge is 2.06. The summed E-state index contributed by atoms with van der Waals surface area (Å²) in [6.07, 6.45) is 1.46. The zero-order valence-electron chi connectivity index (χ0n) is 7.97. The molecule has 0 saturated heterocycles. The van der Waals surface area contributed by atoms with E-state index in [2.05, 4.69) is 0 Å². The Morgan fingerprint density at radius 2 is 2.07 bits per heavy atom. The number of benzene rings is 1. The number of hydrogen-bond acceptors (Lipinski definition) is 1. The second-order valence-corrected chi connectivity index (χ2v) is 3.62. The molecule has 1 rings (SSSR count). The van der Waals surface area contributed by atoms with Gasteiger partial charge in [0.05, 0.1) is 5.02 Å². The van der Waals surface area contributed by atoms with E-state index in [1.165, 1.54) is 18.2 Å². The molecule has 0 heterocycles. The van der Waals surface area contributed by atoms with Gasteiger partial charge in [-0.05, 0) is 38.1 Å². The first-order chi connectivity index (χ1) is 6.50. The molecule has 0 saturated carbocycles. The lowest BCUT2D eigenvalue weighted by molar-refractivity contribution is 0.104. The quantitative estimate of drug-likeness (QED) is 0.541. The summed E-state index contributed by atoms with van der Waals surface area (Å²) >= 11 is 5.49. The van der Waals surface area contributed by atoms with Crippen molar-refractivity contribution in [1.82, 2.24) is 0 Å². The lowest BCUT2D eigenvalue weighted by atomic mass is 10.1. The van der Waals surface area contributed by atoms with Gasteiger partial charge in [-0.1, -0.05) is 17.2 Å². The first kappa shape index (κ1) is 10.9. The van der Waals surface area contributed by atoms with Crippen molar-refractivity contribution in [2.75, 3.05) is 0 Å². The monoisotopic (exact) mass is 212 g/mol. The Bertz CT molecular complexity index is 392. The predicted octanol–water partition coefficient (Wildman–Crippen LogP) is 3.63. The third-order valence-corrected chi connectivity index (χ3v) is 1.93. The zero-order valence-corrected chi connectivity index (χ0v) is 8.73. The number of carbonyl (C=O) groups excluding carboxylic acids is 1. The van der Waals surface area contributed by atoms with Gasteiger partial charge in [0.1, 0.15) is 5.82 Å². The van der Waals surface area contributed by atoms with Crippen molar-refractivity contribution in [1.29, 1.82) is 0 Å².